The van der Waals surface area contributed by atoms with Crippen LogP contribution in [0, 0.1) is 0 Å². The molecule has 3 nitrogen and oxygen atoms in total. The predicted octanol–water partition coefficient (Wildman–Crippen LogP) is 3.47. The molecule has 1 aromatic carbocycles. The second-order valence-corrected chi connectivity index (χ2v) is 4.53. The highest BCUT2D eigenvalue weighted by Gasteiger charge is 2.13. The Balaban J connectivity index is 2.36. The molecular formula is C14H18N2O. The number of rotatable bonds is 3. The summed E-state index contributed by atoms with van der Waals surface area (Å²) in [4.78, 5) is 7.33. The molecule has 2 N–H and O–H groups in total. The Kier molecular flexibility index (Phi) is 3.18. The van der Waals surface area contributed by atoms with Crippen LogP contribution in [0.15, 0.2) is 24.3 Å². The summed E-state index contributed by atoms with van der Waals surface area (Å²) in [6.45, 7) is 6.18. The lowest BCUT2D eigenvalue weighted by molar-refractivity contribution is 0.446. The first kappa shape index (κ1) is 11.7. The third-order valence-electron chi connectivity index (χ3n) is 2.92. The lowest BCUT2D eigenvalue weighted by Gasteiger charge is -2.01. The number of aromatic amines is 1. The van der Waals surface area contributed by atoms with Crippen molar-refractivity contribution < 1.29 is 5.11 Å². The zero-order chi connectivity index (χ0) is 12.4. The smallest absolute Gasteiger partial charge is 0.233 e. The van der Waals surface area contributed by atoms with Crippen LogP contribution in [0.1, 0.15) is 37.9 Å². The fourth-order valence-corrected chi connectivity index (χ4v) is 1.82. The number of aromatic hydroxyl groups is 1. The zero-order valence-electron chi connectivity index (χ0n) is 10.5. The van der Waals surface area contributed by atoms with Crippen molar-refractivity contribution in [1.29, 1.82) is 0 Å². The van der Waals surface area contributed by atoms with Gasteiger partial charge in [-0.15, -0.1) is 0 Å². The number of nitrogens with one attached hydrogen (secondary N) is 1. The van der Waals surface area contributed by atoms with Crippen LogP contribution in [0.25, 0.3) is 11.4 Å². The highest BCUT2D eigenvalue weighted by molar-refractivity contribution is 5.57. The van der Waals surface area contributed by atoms with Crippen molar-refractivity contribution in [2.75, 3.05) is 0 Å². The minimum atomic E-state index is 0.106. The molecular weight excluding hydrogens is 212 g/mol. The number of imidazole rings is 1. The minimum absolute atomic E-state index is 0.106. The van der Waals surface area contributed by atoms with Gasteiger partial charge in [-0.25, -0.2) is 0 Å². The summed E-state index contributed by atoms with van der Waals surface area (Å²) in [5.41, 5.74) is 3.09. The van der Waals surface area contributed by atoms with Gasteiger partial charge in [0.1, 0.15) is 5.82 Å². The first-order chi connectivity index (χ1) is 8.11. The van der Waals surface area contributed by atoms with Gasteiger partial charge in [0, 0.05) is 5.56 Å². The molecule has 2 rings (SSSR count). The Labute approximate surface area is 102 Å². The van der Waals surface area contributed by atoms with Gasteiger partial charge in [-0.05, 0) is 17.9 Å². The van der Waals surface area contributed by atoms with Crippen molar-refractivity contribution in [3.8, 4) is 17.3 Å². The highest BCUT2D eigenvalue weighted by atomic mass is 16.3. The molecule has 1 heterocycles. The molecule has 0 aliphatic rings. The molecule has 0 amide bonds. The van der Waals surface area contributed by atoms with E-state index in [4.69, 9.17) is 0 Å². The minimum Gasteiger partial charge on any atom is -0.492 e. The van der Waals surface area contributed by atoms with Crippen molar-refractivity contribution in [3.05, 3.63) is 35.5 Å². The molecule has 2 aromatic rings. The Morgan fingerprint density at radius 2 is 1.88 bits per heavy atom. The Morgan fingerprint density at radius 1 is 1.24 bits per heavy atom. The molecule has 90 valence electrons. The average molecular weight is 230 g/mol. The maximum Gasteiger partial charge on any atom is 0.233 e. The second kappa shape index (κ2) is 4.62. The summed E-state index contributed by atoms with van der Waals surface area (Å²) in [6.07, 6.45) is 1.03. The van der Waals surface area contributed by atoms with Crippen molar-refractivity contribution in [3.63, 3.8) is 0 Å². The fourth-order valence-electron chi connectivity index (χ4n) is 1.82. The molecule has 1 aromatic heterocycles. The Morgan fingerprint density at radius 3 is 2.35 bits per heavy atom. The summed E-state index contributed by atoms with van der Waals surface area (Å²) in [5.74, 6) is 1.08. The van der Waals surface area contributed by atoms with E-state index in [-0.39, 0.29) is 11.8 Å². The molecule has 0 atom stereocenters. The van der Waals surface area contributed by atoms with Crippen LogP contribution in [0.3, 0.4) is 0 Å². The SMILES string of the molecule is CCc1ccc(-c2nc(O)c(C(C)C)[nH]2)cc1. The van der Waals surface area contributed by atoms with E-state index in [1.165, 1.54) is 5.56 Å². The van der Waals surface area contributed by atoms with Crippen molar-refractivity contribution in [1.82, 2.24) is 9.97 Å². The molecule has 0 unspecified atom stereocenters. The lowest BCUT2D eigenvalue weighted by Crippen LogP contribution is -1.88. The summed E-state index contributed by atoms with van der Waals surface area (Å²) >= 11 is 0. The maximum absolute atomic E-state index is 9.72. The normalized spacial score (nSPS) is 11.1. The van der Waals surface area contributed by atoms with E-state index in [2.05, 4.69) is 29.0 Å². The molecule has 17 heavy (non-hydrogen) atoms. The van der Waals surface area contributed by atoms with Crippen molar-refractivity contribution >= 4 is 0 Å². The molecule has 0 saturated heterocycles. The number of hydrogen-bond donors (Lipinski definition) is 2. The molecule has 3 heteroatoms. The maximum atomic E-state index is 9.72. The van der Waals surface area contributed by atoms with Crippen LogP contribution >= 0.6 is 0 Å². The predicted molar refractivity (Wildman–Crippen MR) is 69.2 cm³/mol. The molecule has 0 aliphatic carbocycles. The van der Waals surface area contributed by atoms with E-state index >= 15 is 0 Å². The van der Waals surface area contributed by atoms with Crippen molar-refractivity contribution in [2.45, 2.75) is 33.1 Å². The Bertz CT molecular complexity index is 497. The molecule has 0 radical (unpaired) electrons. The quantitative estimate of drug-likeness (QED) is 0.848. The molecule has 0 bridgehead atoms. The topological polar surface area (TPSA) is 48.9 Å². The highest BCUT2D eigenvalue weighted by Crippen LogP contribution is 2.27. The zero-order valence-corrected chi connectivity index (χ0v) is 10.5. The van der Waals surface area contributed by atoms with Crippen LogP contribution < -0.4 is 0 Å². The molecule has 0 fully saturated rings. The number of hydrogen-bond acceptors (Lipinski definition) is 2. The van der Waals surface area contributed by atoms with Gasteiger partial charge in [0.25, 0.3) is 0 Å². The van der Waals surface area contributed by atoms with Crippen LogP contribution in [-0.4, -0.2) is 15.1 Å². The van der Waals surface area contributed by atoms with E-state index in [9.17, 15) is 5.11 Å². The van der Waals surface area contributed by atoms with Crippen LogP contribution in [0.4, 0.5) is 0 Å². The average Bonchev–Trinajstić information content (AvgIpc) is 2.71. The standard InChI is InChI=1S/C14H18N2O/c1-4-10-5-7-11(8-6-10)13-15-12(9(2)3)14(17)16-13/h5-9,17H,4H2,1-3H3,(H,15,16). The monoisotopic (exact) mass is 230 g/mol. The molecule has 0 aliphatic heterocycles. The van der Waals surface area contributed by atoms with E-state index in [1.807, 2.05) is 26.0 Å². The summed E-state index contributed by atoms with van der Waals surface area (Å²) in [7, 11) is 0. The first-order valence-corrected chi connectivity index (χ1v) is 6.00. The Hall–Kier alpha value is -1.77. The summed E-state index contributed by atoms with van der Waals surface area (Å²) < 4.78 is 0. The number of nitrogens with zero attached hydrogens (tertiary/aromatic N) is 1. The number of aryl methyl sites for hydroxylation is 1. The largest absolute Gasteiger partial charge is 0.492 e. The van der Waals surface area contributed by atoms with E-state index in [0.29, 0.717) is 0 Å². The van der Waals surface area contributed by atoms with Gasteiger partial charge < -0.3 is 10.1 Å². The van der Waals surface area contributed by atoms with Gasteiger partial charge in [-0.3, -0.25) is 0 Å². The third-order valence-corrected chi connectivity index (χ3v) is 2.92. The van der Waals surface area contributed by atoms with E-state index < -0.39 is 0 Å². The van der Waals surface area contributed by atoms with Gasteiger partial charge >= 0.3 is 0 Å². The van der Waals surface area contributed by atoms with Gasteiger partial charge in [0.2, 0.25) is 5.88 Å². The number of benzene rings is 1. The number of aromatic nitrogens is 2. The van der Waals surface area contributed by atoms with Gasteiger partial charge in [0.15, 0.2) is 0 Å². The van der Waals surface area contributed by atoms with Crippen LogP contribution in [-0.2, 0) is 6.42 Å². The van der Waals surface area contributed by atoms with E-state index in [1.54, 1.807) is 0 Å². The van der Waals surface area contributed by atoms with Gasteiger partial charge in [0.05, 0.1) is 5.69 Å². The second-order valence-electron chi connectivity index (χ2n) is 4.53. The van der Waals surface area contributed by atoms with Crippen LogP contribution in [0.2, 0.25) is 0 Å². The summed E-state index contributed by atoms with van der Waals surface area (Å²) in [5, 5.41) is 9.72. The van der Waals surface area contributed by atoms with E-state index in [0.717, 1.165) is 23.5 Å². The third kappa shape index (κ3) is 2.33. The molecule has 0 saturated carbocycles. The summed E-state index contributed by atoms with van der Waals surface area (Å²) in [6, 6.07) is 8.23. The van der Waals surface area contributed by atoms with Crippen LogP contribution in [0.5, 0.6) is 5.88 Å². The fraction of sp³-hybridized carbons (Fsp3) is 0.357. The molecule has 0 spiro atoms. The first-order valence-electron chi connectivity index (χ1n) is 6.00. The van der Waals surface area contributed by atoms with Gasteiger partial charge in [-0.1, -0.05) is 45.0 Å². The van der Waals surface area contributed by atoms with Gasteiger partial charge in [-0.2, -0.15) is 4.98 Å². The van der Waals surface area contributed by atoms with Crippen molar-refractivity contribution in [2.24, 2.45) is 0 Å². The lowest BCUT2D eigenvalue weighted by atomic mass is 10.1. The number of H-pyrrole nitrogens is 1.